The lowest BCUT2D eigenvalue weighted by atomic mass is 10.0. The third-order valence-electron chi connectivity index (χ3n) is 12.4. The number of hydrogen-bond donors (Lipinski definition) is 2. The van der Waals surface area contributed by atoms with E-state index in [1.807, 2.05) is 0 Å². The van der Waals surface area contributed by atoms with Gasteiger partial charge in [0.05, 0.1) is 6.61 Å². The average Bonchev–Trinajstić information content (AvgIpc) is 3.23. The van der Waals surface area contributed by atoms with Crippen molar-refractivity contribution in [1.82, 2.24) is 0 Å². The molecule has 0 rings (SSSR count). The van der Waals surface area contributed by atoms with Gasteiger partial charge in [-0.2, -0.15) is 0 Å². The van der Waals surface area contributed by atoms with Crippen LogP contribution in [0.25, 0.3) is 0 Å². The fourth-order valence-corrected chi connectivity index (χ4v) is 8.74. The number of phosphoric ester groups is 1. The summed E-state index contributed by atoms with van der Waals surface area (Å²) in [5, 5.41) is 0. The molecule has 0 heterocycles. The molecule has 0 bridgehead atoms. The van der Waals surface area contributed by atoms with Crippen molar-refractivity contribution in [2.24, 2.45) is 0 Å². The SMILES string of the molecule is CCCCCCCCCCCCCCCCCCCCCCCCC(=O)OC[C@H](COP(=O)(O)O)OC(=O)CCCCCCCCCCCCCCCCCCCCCCC. The average molecular weight is 887 g/mol. The predicted octanol–water partition coefficient (Wildman–Crippen LogP) is 17.1. The number of carbonyl (C=O) groups excluding carboxylic acids is 2. The van der Waals surface area contributed by atoms with Crippen LogP contribution in [0.1, 0.15) is 303 Å². The van der Waals surface area contributed by atoms with Crippen LogP contribution in [0.5, 0.6) is 0 Å². The van der Waals surface area contributed by atoms with Crippen LogP contribution in [0.15, 0.2) is 0 Å². The molecule has 0 radical (unpaired) electrons. The molecule has 0 spiro atoms. The Bertz CT molecular complexity index is 956. The number of ether oxygens (including phenoxy) is 2. The first-order valence-electron chi connectivity index (χ1n) is 26.8. The van der Waals surface area contributed by atoms with Gasteiger partial charge in [0.1, 0.15) is 6.61 Å². The molecule has 0 amide bonds. The molecule has 364 valence electrons. The van der Waals surface area contributed by atoms with Crippen LogP contribution in [0.2, 0.25) is 0 Å². The van der Waals surface area contributed by atoms with Gasteiger partial charge < -0.3 is 19.3 Å². The van der Waals surface area contributed by atoms with Crippen molar-refractivity contribution in [3.63, 3.8) is 0 Å². The van der Waals surface area contributed by atoms with E-state index in [2.05, 4.69) is 18.4 Å². The van der Waals surface area contributed by atoms with Gasteiger partial charge >= 0.3 is 19.8 Å². The normalized spacial score (nSPS) is 12.3. The van der Waals surface area contributed by atoms with Crippen LogP contribution in [0.3, 0.4) is 0 Å². The summed E-state index contributed by atoms with van der Waals surface area (Å²) in [5.74, 6) is -0.859. The molecule has 9 heteroatoms. The highest BCUT2D eigenvalue weighted by molar-refractivity contribution is 7.46. The van der Waals surface area contributed by atoms with E-state index in [1.165, 1.54) is 238 Å². The molecule has 0 aliphatic rings. The Morgan fingerprint density at radius 1 is 0.361 bits per heavy atom. The lowest BCUT2D eigenvalue weighted by Gasteiger charge is -2.18. The first kappa shape index (κ1) is 60.1. The van der Waals surface area contributed by atoms with Crippen molar-refractivity contribution in [3.8, 4) is 0 Å². The zero-order valence-electron chi connectivity index (χ0n) is 40.6. The third kappa shape index (κ3) is 51.6. The van der Waals surface area contributed by atoms with E-state index in [0.29, 0.717) is 6.42 Å². The fraction of sp³-hybridized carbons (Fsp3) is 0.962. The third-order valence-corrected chi connectivity index (χ3v) is 12.9. The molecule has 0 fully saturated rings. The molecule has 0 aliphatic carbocycles. The van der Waals surface area contributed by atoms with E-state index in [9.17, 15) is 14.2 Å². The number of esters is 2. The second-order valence-corrected chi connectivity index (χ2v) is 19.8. The van der Waals surface area contributed by atoms with Gasteiger partial charge in [0.2, 0.25) is 0 Å². The van der Waals surface area contributed by atoms with Gasteiger partial charge in [-0.05, 0) is 12.8 Å². The molecule has 0 aromatic heterocycles. The van der Waals surface area contributed by atoms with Gasteiger partial charge in [-0.25, -0.2) is 4.57 Å². The van der Waals surface area contributed by atoms with Gasteiger partial charge in [0.25, 0.3) is 0 Å². The lowest BCUT2D eigenvalue weighted by Crippen LogP contribution is -2.29. The van der Waals surface area contributed by atoms with Crippen LogP contribution in [-0.2, 0) is 28.2 Å². The smallest absolute Gasteiger partial charge is 0.462 e. The van der Waals surface area contributed by atoms with E-state index in [1.54, 1.807) is 0 Å². The fourth-order valence-electron chi connectivity index (χ4n) is 8.38. The zero-order valence-corrected chi connectivity index (χ0v) is 41.5. The summed E-state index contributed by atoms with van der Waals surface area (Å²) in [4.78, 5) is 43.1. The van der Waals surface area contributed by atoms with E-state index in [0.717, 1.165) is 32.1 Å². The molecule has 0 aliphatic heterocycles. The van der Waals surface area contributed by atoms with Crippen molar-refractivity contribution < 1.29 is 37.9 Å². The quantitative estimate of drug-likeness (QED) is 0.0352. The van der Waals surface area contributed by atoms with Gasteiger partial charge in [0, 0.05) is 12.8 Å². The Kier molecular flexibility index (Phi) is 47.7. The Balaban J connectivity index is 3.73. The summed E-state index contributed by atoms with van der Waals surface area (Å²) < 4.78 is 26.6. The monoisotopic (exact) mass is 887 g/mol. The van der Waals surface area contributed by atoms with Crippen molar-refractivity contribution in [2.75, 3.05) is 13.2 Å². The molecule has 0 aromatic rings. The van der Waals surface area contributed by atoms with Gasteiger partial charge in [-0.3, -0.25) is 14.1 Å². The van der Waals surface area contributed by atoms with Crippen LogP contribution in [0.4, 0.5) is 0 Å². The lowest BCUT2D eigenvalue weighted by molar-refractivity contribution is -0.161. The minimum absolute atomic E-state index is 0.221. The second kappa shape index (κ2) is 48.5. The van der Waals surface area contributed by atoms with Crippen LogP contribution in [0, 0.1) is 0 Å². The highest BCUT2D eigenvalue weighted by Gasteiger charge is 2.23. The number of unbranched alkanes of at least 4 members (excludes halogenated alkanes) is 41. The van der Waals surface area contributed by atoms with Gasteiger partial charge in [0.15, 0.2) is 6.10 Å². The summed E-state index contributed by atoms with van der Waals surface area (Å²) in [7, 11) is -4.75. The largest absolute Gasteiger partial charge is 0.469 e. The maximum Gasteiger partial charge on any atom is 0.469 e. The Morgan fingerprint density at radius 2 is 0.590 bits per heavy atom. The zero-order chi connectivity index (χ0) is 44.6. The molecule has 0 saturated heterocycles. The molecule has 1 atom stereocenters. The highest BCUT2D eigenvalue weighted by Crippen LogP contribution is 2.36. The summed E-state index contributed by atoms with van der Waals surface area (Å²) >= 11 is 0. The van der Waals surface area contributed by atoms with E-state index >= 15 is 0 Å². The van der Waals surface area contributed by atoms with Crippen LogP contribution < -0.4 is 0 Å². The summed E-state index contributed by atoms with van der Waals surface area (Å²) in [6.45, 7) is 3.76. The maximum absolute atomic E-state index is 12.5. The molecule has 0 saturated carbocycles. The molecule has 0 aromatic carbocycles. The summed E-state index contributed by atoms with van der Waals surface area (Å²) in [6, 6.07) is 0. The summed E-state index contributed by atoms with van der Waals surface area (Å²) in [6.07, 6.45) is 55.6. The Hall–Kier alpha value is -0.950. The van der Waals surface area contributed by atoms with Gasteiger partial charge in [-0.15, -0.1) is 0 Å². The molecule has 8 nitrogen and oxygen atoms in total. The standard InChI is InChI=1S/C52H103O8P/c1-3-5-7-9-11-13-15-17-19-21-23-25-27-28-30-32-34-36-38-40-42-44-46-51(53)58-48-50(49-59-61(55,56)57)60-52(54)47-45-43-41-39-37-35-33-31-29-26-24-22-20-18-16-14-12-10-8-6-4-2/h50H,3-49H2,1-2H3,(H2,55,56,57)/t50-/m1/s1. The first-order chi connectivity index (χ1) is 29.8. The number of carbonyl (C=O) groups is 2. The number of rotatable bonds is 51. The molecule has 61 heavy (non-hydrogen) atoms. The molecular weight excluding hydrogens is 784 g/mol. The van der Waals surface area contributed by atoms with Gasteiger partial charge in [-0.1, -0.05) is 277 Å². The molecule has 2 N–H and O–H groups in total. The molecular formula is C52H103O8P. The predicted molar refractivity (Wildman–Crippen MR) is 258 cm³/mol. The van der Waals surface area contributed by atoms with Crippen molar-refractivity contribution in [3.05, 3.63) is 0 Å². The van der Waals surface area contributed by atoms with E-state index in [-0.39, 0.29) is 19.4 Å². The number of phosphoric acid groups is 1. The minimum Gasteiger partial charge on any atom is -0.462 e. The van der Waals surface area contributed by atoms with E-state index in [4.69, 9.17) is 19.3 Å². The topological polar surface area (TPSA) is 119 Å². The van der Waals surface area contributed by atoms with Crippen LogP contribution in [-0.4, -0.2) is 41.0 Å². The Labute approximate surface area is 378 Å². The number of hydrogen-bond acceptors (Lipinski definition) is 6. The van der Waals surface area contributed by atoms with Crippen molar-refractivity contribution in [1.29, 1.82) is 0 Å². The van der Waals surface area contributed by atoms with Crippen molar-refractivity contribution in [2.45, 2.75) is 309 Å². The van der Waals surface area contributed by atoms with Crippen molar-refractivity contribution >= 4 is 19.8 Å². The highest BCUT2D eigenvalue weighted by atomic mass is 31.2. The second-order valence-electron chi connectivity index (χ2n) is 18.6. The maximum atomic E-state index is 12.5. The van der Waals surface area contributed by atoms with E-state index < -0.39 is 32.5 Å². The Morgan fingerprint density at radius 3 is 0.836 bits per heavy atom. The van der Waals surface area contributed by atoms with Crippen LogP contribution >= 0.6 is 7.82 Å². The molecule has 0 unspecified atom stereocenters. The summed E-state index contributed by atoms with van der Waals surface area (Å²) in [5.41, 5.74) is 0. The minimum atomic E-state index is -4.75. The first-order valence-corrected chi connectivity index (χ1v) is 28.4.